The zero-order valence-electron chi connectivity index (χ0n) is 11.5. The van der Waals surface area contributed by atoms with Gasteiger partial charge in [0, 0.05) is 18.7 Å². The fourth-order valence-electron chi connectivity index (χ4n) is 2.29. The number of fused-ring (bicyclic) bond motifs is 1. The van der Waals surface area contributed by atoms with Gasteiger partial charge in [-0.3, -0.25) is 0 Å². The number of nitrogens with zero attached hydrogens (tertiary/aromatic N) is 3. The van der Waals surface area contributed by atoms with E-state index in [0.717, 1.165) is 16.1 Å². The molecule has 0 fully saturated rings. The highest BCUT2D eigenvalue weighted by Gasteiger charge is 2.14. The lowest BCUT2D eigenvalue weighted by Crippen LogP contribution is -2.27. The number of hydrogen-bond donors (Lipinski definition) is 0. The Balaban J connectivity index is 1.94. The molecule has 0 saturated carbocycles. The van der Waals surface area contributed by atoms with Crippen molar-refractivity contribution in [3.63, 3.8) is 0 Å². The van der Waals surface area contributed by atoms with E-state index in [9.17, 15) is 9.60 Å². The van der Waals surface area contributed by atoms with Crippen LogP contribution in [0.4, 0.5) is 4.39 Å². The molecule has 4 nitrogen and oxygen atoms in total. The van der Waals surface area contributed by atoms with E-state index in [1.807, 2.05) is 23.6 Å². The monoisotopic (exact) mass is 303 g/mol. The van der Waals surface area contributed by atoms with Crippen LogP contribution in [0.25, 0.3) is 11.0 Å². The Bertz CT molecular complexity index is 788. The van der Waals surface area contributed by atoms with Crippen molar-refractivity contribution in [1.82, 2.24) is 9.55 Å². The van der Waals surface area contributed by atoms with Crippen molar-refractivity contribution in [1.29, 1.82) is 0 Å². The lowest BCUT2D eigenvalue weighted by molar-refractivity contribution is -0.645. The van der Waals surface area contributed by atoms with Crippen molar-refractivity contribution >= 4 is 22.8 Å². The van der Waals surface area contributed by atoms with Crippen molar-refractivity contribution in [3.05, 3.63) is 59.4 Å². The molecule has 0 amide bonds. The molecule has 21 heavy (non-hydrogen) atoms. The van der Waals surface area contributed by atoms with Gasteiger partial charge in [-0.2, -0.15) is 4.73 Å². The molecular weight excluding hydrogens is 289 g/mol. The molecule has 0 aliphatic heterocycles. The van der Waals surface area contributed by atoms with Crippen LogP contribution in [-0.2, 0) is 12.3 Å². The molecule has 0 spiro atoms. The quantitative estimate of drug-likeness (QED) is 0.422. The first-order valence-electron chi connectivity index (χ1n) is 6.65. The first-order valence-corrected chi connectivity index (χ1v) is 7.64. The maximum Gasteiger partial charge on any atom is 0.251 e. The number of benzene rings is 1. The van der Waals surface area contributed by atoms with Gasteiger partial charge in [0.25, 0.3) is 5.03 Å². The molecule has 2 aromatic heterocycles. The van der Waals surface area contributed by atoms with Crippen LogP contribution in [0.3, 0.4) is 0 Å². The number of halogens is 1. The molecule has 0 bridgehead atoms. The molecule has 0 aliphatic carbocycles. The Morgan fingerprint density at radius 2 is 2.14 bits per heavy atom. The Labute approximate surface area is 125 Å². The molecule has 6 heteroatoms. The largest absolute Gasteiger partial charge is 0.618 e. The van der Waals surface area contributed by atoms with Crippen LogP contribution < -0.4 is 4.73 Å². The Kier molecular flexibility index (Phi) is 3.79. The van der Waals surface area contributed by atoms with Gasteiger partial charge in [0.05, 0.1) is 11.3 Å². The third-order valence-corrected chi connectivity index (χ3v) is 4.28. The van der Waals surface area contributed by atoms with E-state index >= 15 is 0 Å². The van der Waals surface area contributed by atoms with Crippen molar-refractivity contribution in [2.45, 2.75) is 24.2 Å². The van der Waals surface area contributed by atoms with E-state index in [-0.39, 0.29) is 5.82 Å². The van der Waals surface area contributed by atoms with Gasteiger partial charge in [-0.25, -0.2) is 9.37 Å². The molecule has 2 heterocycles. The number of rotatable bonds is 4. The summed E-state index contributed by atoms with van der Waals surface area (Å²) in [6, 6.07) is 10.2. The first kappa shape index (κ1) is 13.9. The normalized spacial score (nSPS) is 11.1. The molecule has 0 radical (unpaired) electrons. The molecule has 0 atom stereocenters. The summed E-state index contributed by atoms with van der Waals surface area (Å²) in [6.07, 6.45) is 1.46. The second-order valence-corrected chi connectivity index (χ2v) is 5.53. The van der Waals surface area contributed by atoms with E-state index in [2.05, 4.69) is 4.98 Å². The lowest BCUT2D eigenvalue weighted by Gasteiger charge is -2.06. The van der Waals surface area contributed by atoms with Crippen LogP contribution >= 0.6 is 11.8 Å². The standard InChI is InChI=1S/C15H14FN3OS/c1-2-18-12-7-5-6-11(16)15(12)17-13(18)10-21-14-8-3-4-9-19(14)20/h3-9H,2,10H2,1H3. The van der Waals surface area contributed by atoms with Gasteiger partial charge in [-0.15, -0.1) is 0 Å². The zero-order valence-corrected chi connectivity index (χ0v) is 12.3. The van der Waals surface area contributed by atoms with Crippen LogP contribution in [0.2, 0.25) is 0 Å². The summed E-state index contributed by atoms with van der Waals surface area (Å²) in [6.45, 7) is 2.71. The highest BCUT2D eigenvalue weighted by molar-refractivity contribution is 7.98. The van der Waals surface area contributed by atoms with Crippen LogP contribution in [-0.4, -0.2) is 9.55 Å². The third kappa shape index (κ3) is 2.58. The Morgan fingerprint density at radius 3 is 2.90 bits per heavy atom. The van der Waals surface area contributed by atoms with Crippen LogP contribution in [0.5, 0.6) is 0 Å². The van der Waals surface area contributed by atoms with Gasteiger partial charge in [-0.05, 0) is 36.9 Å². The second-order valence-electron chi connectivity index (χ2n) is 4.53. The number of hydrogen-bond acceptors (Lipinski definition) is 3. The predicted molar refractivity (Wildman–Crippen MR) is 80.3 cm³/mol. The van der Waals surface area contributed by atoms with Crippen LogP contribution in [0.1, 0.15) is 12.7 Å². The highest BCUT2D eigenvalue weighted by Crippen LogP contribution is 2.24. The van der Waals surface area contributed by atoms with Crippen molar-refractivity contribution in [2.24, 2.45) is 0 Å². The second kappa shape index (κ2) is 5.73. The minimum absolute atomic E-state index is 0.315. The topological polar surface area (TPSA) is 44.8 Å². The van der Waals surface area contributed by atoms with Gasteiger partial charge in [0.1, 0.15) is 11.3 Å². The Morgan fingerprint density at radius 1 is 1.29 bits per heavy atom. The van der Waals surface area contributed by atoms with Gasteiger partial charge in [-0.1, -0.05) is 6.07 Å². The van der Waals surface area contributed by atoms with Crippen molar-refractivity contribution < 1.29 is 9.12 Å². The molecule has 0 aliphatic rings. The van der Waals surface area contributed by atoms with E-state index in [4.69, 9.17) is 0 Å². The number of para-hydroxylation sites is 1. The summed E-state index contributed by atoms with van der Waals surface area (Å²) in [4.78, 5) is 4.38. The molecule has 3 rings (SSSR count). The zero-order chi connectivity index (χ0) is 14.8. The Hall–Kier alpha value is -2.08. The summed E-state index contributed by atoms with van der Waals surface area (Å²) in [5.74, 6) is 0.977. The number of aromatic nitrogens is 3. The van der Waals surface area contributed by atoms with E-state index < -0.39 is 0 Å². The van der Waals surface area contributed by atoms with Crippen molar-refractivity contribution in [3.8, 4) is 0 Å². The summed E-state index contributed by atoms with van der Waals surface area (Å²) in [5, 5.41) is 12.2. The number of thioether (sulfide) groups is 1. The van der Waals surface area contributed by atoms with Gasteiger partial charge in [0.15, 0.2) is 12.0 Å². The summed E-state index contributed by atoms with van der Waals surface area (Å²) >= 11 is 1.40. The average molecular weight is 303 g/mol. The molecule has 0 saturated heterocycles. The first-order chi connectivity index (χ1) is 10.2. The van der Waals surface area contributed by atoms with Gasteiger partial charge < -0.3 is 9.77 Å². The van der Waals surface area contributed by atoms with E-state index in [1.165, 1.54) is 24.0 Å². The molecular formula is C15H14FN3OS. The molecule has 108 valence electrons. The smallest absolute Gasteiger partial charge is 0.251 e. The van der Waals surface area contributed by atoms with E-state index in [1.54, 1.807) is 18.2 Å². The SMILES string of the molecule is CCn1c(CSc2cccc[n+]2[O-])nc2c(F)cccc21. The fourth-order valence-corrected chi connectivity index (χ4v) is 3.15. The number of imidazole rings is 1. The predicted octanol–water partition coefficient (Wildman–Crippen LogP) is 3.12. The third-order valence-electron chi connectivity index (χ3n) is 3.26. The van der Waals surface area contributed by atoms with Crippen LogP contribution in [0, 0.1) is 11.0 Å². The van der Waals surface area contributed by atoms with Gasteiger partial charge >= 0.3 is 0 Å². The molecule has 3 aromatic rings. The fraction of sp³-hybridized carbons (Fsp3) is 0.200. The maximum absolute atomic E-state index is 13.8. The van der Waals surface area contributed by atoms with Crippen molar-refractivity contribution in [2.75, 3.05) is 0 Å². The average Bonchev–Trinajstić information content (AvgIpc) is 2.85. The minimum atomic E-state index is -0.315. The lowest BCUT2D eigenvalue weighted by atomic mass is 10.3. The van der Waals surface area contributed by atoms with E-state index in [0.29, 0.717) is 22.8 Å². The van der Waals surface area contributed by atoms with Gasteiger partial charge in [0.2, 0.25) is 0 Å². The summed E-state index contributed by atoms with van der Waals surface area (Å²) < 4.78 is 16.6. The summed E-state index contributed by atoms with van der Waals surface area (Å²) in [7, 11) is 0. The molecule has 1 aromatic carbocycles. The number of pyridine rings is 1. The summed E-state index contributed by atoms with van der Waals surface area (Å²) in [5.41, 5.74) is 1.18. The van der Waals surface area contributed by atoms with Crippen LogP contribution in [0.15, 0.2) is 47.6 Å². The maximum atomic E-state index is 13.8. The molecule has 0 N–H and O–H groups in total. The molecule has 0 unspecified atom stereocenters. The number of aryl methyl sites for hydroxylation is 1. The highest BCUT2D eigenvalue weighted by atomic mass is 32.2. The minimum Gasteiger partial charge on any atom is -0.618 e.